The zero-order valence-corrected chi connectivity index (χ0v) is 18.2. The van der Waals surface area contributed by atoms with Gasteiger partial charge in [-0.15, -0.1) is 24.0 Å². The molecule has 3 atom stereocenters. The molecule has 2 aromatic rings. The average molecular weight is 476 g/mol. The molecule has 2 aliphatic rings. The van der Waals surface area contributed by atoms with Gasteiger partial charge in [0.05, 0.1) is 0 Å². The second-order valence-corrected chi connectivity index (χ2v) is 7.24. The largest absolute Gasteiger partial charge is 0.369 e. The van der Waals surface area contributed by atoms with E-state index in [0.29, 0.717) is 18.0 Å². The van der Waals surface area contributed by atoms with Crippen LogP contribution in [0.1, 0.15) is 31.2 Å². The molecule has 0 aromatic heterocycles. The number of halogens is 1. The fourth-order valence-corrected chi connectivity index (χ4v) is 3.83. The molecule has 2 aromatic carbocycles. The van der Waals surface area contributed by atoms with Crippen LogP contribution in [0.15, 0.2) is 65.7 Å². The maximum Gasteiger partial charge on any atom is 0.191 e. The van der Waals surface area contributed by atoms with Gasteiger partial charge < -0.3 is 15.5 Å². The average Bonchev–Trinajstić information content (AvgIpc) is 3.29. The molecule has 1 heterocycles. The Hall–Kier alpha value is -1.76. The summed E-state index contributed by atoms with van der Waals surface area (Å²) in [6.45, 7) is 5.02. The van der Waals surface area contributed by atoms with Gasteiger partial charge in [-0.2, -0.15) is 0 Å². The molecule has 1 aliphatic carbocycles. The number of nitrogens with one attached hydrogen (secondary N) is 2. The molecule has 0 bridgehead atoms. The Kier molecular flexibility index (Phi) is 6.99. The molecule has 3 unspecified atom stereocenters. The maximum absolute atomic E-state index is 4.67. The predicted molar refractivity (Wildman–Crippen MR) is 124 cm³/mol. The molecule has 0 amide bonds. The third-order valence-electron chi connectivity index (χ3n) is 5.31. The third kappa shape index (κ3) is 5.15. The van der Waals surface area contributed by atoms with Gasteiger partial charge in [0.15, 0.2) is 5.96 Å². The Morgan fingerprint density at radius 2 is 1.74 bits per heavy atom. The van der Waals surface area contributed by atoms with E-state index in [4.69, 9.17) is 0 Å². The van der Waals surface area contributed by atoms with Crippen LogP contribution >= 0.6 is 24.0 Å². The molecule has 1 saturated carbocycles. The van der Waals surface area contributed by atoms with Crippen molar-refractivity contribution in [1.82, 2.24) is 10.6 Å². The van der Waals surface area contributed by atoms with Crippen molar-refractivity contribution in [3.8, 4) is 0 Å². The molecule has 4 nitrogen and oxygen atoms in total. The highest BCUT2D eigenvalue weighted by Gasteiger charge is 2.39. The van der Waals surface area contributed by atoms with Crippen molar-refractivity contribution in [3.05, 3.63) is 66.2 Å². The van der Waals surface area contributed by atoms with Crippen molar-refractivity contribution in [2.45, 2.75) is 37.8 Å². The summed E-state index contributed by atoms with van der Waals surface area (Å²) in [5.74, 6) is 1.58. The molecule has 2 N–H and O–H groups in total. The Morgan fingerprint density at radius 1 is 1.04 bits per heavy atom. The Labute approximate surface area is 179 Å². The molecule has 1 aliphatic heterocycles. The zero-order valence-electron chi connectivity index (χ0n) is 15.8. The van der Waals surface area contributed by atoms with Gasteiger partial charge in [0.2, 0.25) is 0 Å². The van der Waals surface area contributed by atoms with Crippen LogP contribution in [-0.4, -0.2) is 37.7 Å². The van der Waals surface area contributed by atoms with Crippen molar-refractivity contribution in [2.24, 2.45) is 4.99 Å². The first-order chi connectivity index (χ1) is 12.8. The summed E-state index contributed by atoms with van der Waals surface area (Å²) < 4.78 is 0. The first kappa shape index (κ1) is 20.0. The molecule has 2 fully saturated rings. The first-order valence-electron chi connectivity index (χ1n) is 9.76. The topological polar surface area (TPSA) is 39.7 Å². The summed E-state index contributed by atoms with van der Waals surface area (Å²) in [5.41, 5.74) is 2.74. The highest BCUT2D eigenvalue weighted by atomic mass is 127. The molecule has 27 heavy (non-hydrogen) atoms. The molecular formula is C22H29IN4. The van der Waals surface area contributed by atoms with Crippen LogP contribution < -0.4 is 15.5 Å². The second kappa shape index (κ2) is 9.44. The lowest BCUT2D eigenvalue weighted by Crippen LogP contribution is -2.45. The lowest BCUT2D eigenvalue weighted by Gasteiger charge is -2.20. The molecule has 4 rings (SSSR count). The van der Waals surface area contributed by atoms with Gasteiger partial charge in [-0.1, -0.05) is 48.5 Å². The van der Waals surface area contributed by atoms with E-state index in [9.17, 15) is 0 Å². The van der Waals surface area contributed by atoms with Crippen molar-refractivity contribution >= 4 is 35.6 Å². The normalized spacial score (nSPS) is 24.3. The van der Waals surface area contributed by atoms with Gasteiger partial charge >= 0.3 is 0 Å². The highest BCUT2D eigenvalue weighted by Crippen LogP contribution is 2.40. The molecule has 5 heteroatoms. The monoisotopic (exact) mass is 476 g/mol. The Bertz CT molecular complexity index is 734. The Morgan fingerprint density at radius 3 is 2.44 bits per heavy atom. The molecule has 0 spiro atoms. The summed E-state index contributed by atoms with van der Waals surface area (Å²) in [5, 5.41) is 7.30. The van der Waals surface area contributed by atoms with Gasteiger partial charge in [0.25, 0.3) is 0 Å². The smallest absolute Gasteiger partial charge is 0.191 e. The minimum Gasteiger partial charge on any atom is -0.369 e. The van der Waals surface area contributed by atoms with E-state index < -0.39 is 0 Å². The standard InChI is InChI=1S/C22H28N4.HI/c1-2-23-22(25-21-15-20(21)17-9-5-3-6-10-17)24-18-13-14-26(16-18)19-11-7-4-8-12-19;/h3-12,18,20-21H,2,13-16H2,1H3,(H2,23,24,25);1H. The molecule has 144 valence electrons. The number of nitrogens with zero attached hydrogens (tertiary/aromatic N) is 2. The maximum atomic E-state index is 4.67. The van der Waals surface area contributed by atoms with Crippen molar-refractivity contribution in [2.75, 3.05) is 24.5 Å². The minimum absolute atomic E-state index is 0. The number of guanidine groups is 1. The van der Waals surface area contributed by atoms with Crippen LogP contribution in [0, 0.1) is 0 Å². The number of para-hydroxylation sites is 1. The summed E-state index contributed by atoms with van der Waals surface area (Å²) in [4.78, 5) is 7.12. The molecule has 0 radical (unpaired) electrons. The molecule has 1 saturated heterocycles. The van der Waals surface area contributed by atoms with Crippen LogP contribution in [0.3, 0.4) is 0 Å². The van der Waals surface area contributed by atoms with Crippen LogP contribution in [0.4, 0.5) is 5.69 Å². The van der Waals surface area contributed by atoms with E-state index in [2.05, 4.69) is 88.1 Å². The fraction of sp³-hybridized carbons (Fsp3) is 0.409. The van der Waals surface area contributed by atoms with E-state index in [1.807, 2.05) is 0 Å². The first-order valence-corrected chi connectivity index (χ1v) is 9.76. The summed E-state index contributed by atoms with van der Waals surface area (Å²) in [7, 11) is 0. The summed E-state index contributed by atoms with van der Waals surface area (Å²) in [6, 6.07) is 22.4. The van der Waals surface area contributed by atoms with Gasteiger partial charge in [-0.25, -0.2) is 0 Å². The quantitative estimate of drug-likeness (QED) is 0.390. The van der Waals surface area contributed by atoms with E-state index in [1.165, 1.54) is 17.7 Å². The summed E-state index contributed by atoms with van der Waals surface area (Å²) >= 11 is 0. The van der Waals surface area contributed by atoms with Gasteiger partial charge in [-0.3, -0.25) is 4.99 Å². The third-order valence-corrected chi connectivity index (χ3v) is 5.31. The van der Waals surface area contributed by atoms with Crippen LogP contribution in [0.25, 0.3) is 0 Å². The summed E-state index contributed by atoms with van der Waals surface area (Å²) in [6.07, 6.45) is 2.33. The SMILES string of the molecule is CCN=C(NC1CCN(c2ccccc2)C1)NC1CC1c1ccccc1.I. The van der Waals surface area contributed by atoms with E-state index >= 15 is 0 Å². The van der Waals surface area contributed by atoms with E-state index in [1.54, 1.807) is 0 Å². The number of hydrogen-bond donors (Lipinski definition) is 2. The fourth-order valence-electron chi connectivity index (χ4n) is 3.83. The highest BCUT2D eigenvalue weighted by molar-refractivity contribution is 14.0. The van der Waals surface area contributed by atoms with E-state index in [-0.39, 0.29) is 24.0 Å². The number of anilines is 1. The zero-order chi connectivity index (χ0) is 17.8. The van der Waals surface area contributed by atoms with Crippen molar-refractivity contribution < 1.29 is 0 Å². The number of rotatable bonds is 5. The minimum atomic E-state index is 0. The predicted octanol–water partition coefficient (Wildman–Crippen LogP) is 3.99. The molecular weight excluding hydrogens is 447 g/mol. The number of benzene rings is 2. The lowest BCUT2D eigenvalue weighted by molar-refractivity contribution is 0.644. The van der Waals surface area contributed by atoms with Gasteiger partial charge in [0, 0.05) is 43.3 Å². The van der Waals surface area contributed by atoms with E-state index in [0.717, 1.165) is 32.0 Å². The van der Waals surface area contributed by atoms with Crippen LogP contribution in [-0.2, 0) is 0 Å². The second-order valence-electron chi connectivity index (χ2n) is 7.24. The number of hydrogen-bond acceptors (Lipinski definition) is 2. The van der Waals surface area contributed by atoms with Crippen LogP contribution in [0.2, 0.25) is 0 Å². The number of aliphatic imine (C=N–C) groups is 1. The van der Waals surface area contributed by atoms with Crippen molar-refractivity contribution in [1.29, 1.82) is 0 Å². The van der Waals surface area contributed by atoms with Gasteiger partial charge in [-0.05, 0) is 37.5 Å². The van der Waals surface area contributed by atoms with Crippen LogP contribution in [0.5, 0.6) is 0 Å². The lowest BCUT2D eigenvalue weighted by atomic mass is 10.1. The van der Waals surface area contributed by atoms with Gasteiger partial charge in [0.1, 0.15) is 0 Å². The van der Waals surface area contributed by atoms with Crippen molar-refractivity contribution in [3.63, 3.8) is 0 Å². The Balaban J connectivity index is 0.00000210.